The van der Waals surface area contributed by atoms with Gasteiger partial charge in [0, 0.05) is 6.54 Å². The molecule has 0 saturated heterocycles. The Morgan fingerprint density at radius 3 is 3.00 bits per heavy atom. The summed E-state index contributed by atoms with van der Waals surface area (Å²) in [6, 6.07) is 5.32. The molecule has 1 atom stereocenters. The summed E-state index contributed by atoms with van der Waals surface area (Å²) in [6.45, 7) is 2.29. The number of hydrogen-bond acceptors (Lipinski definition) is 4. The van der Waals surface area contributed by atoms with Crippen molar-refractivity contribution in [1.82, 2.24) is 10.3 Å². The Labute approximate surface area is 97.2 Å². The molecule has 0 aromatic carbocycles. The van der Waals surface area contributed by atoms with E-state index in [9.17, 15) is 4.79 Å². The van der Waals surface area contributed by atoms with Gasteiger partial charge < -0.3 is 4.74 Å². The molecule has 0 amide bonds. The minimum absolute atomic E-state index is 0.273. The topological polar surface area (TPSA) is 51.2 Å². The van der Waals surface area contributed by atoms with Gasteiger partial charge in [0.15, 0.2) is 0 Å². The van der Waals surface area contributed by atoms with Gasteiger partial charge in [0.2, 0.25) is 0 Å². The van der Waals surface area contributed by atoms with E-state index in [1.165, 1.54) is 7.11 Å². The quantitative estimate of drug-likeness (QED) is 0.667. The van der Waals surface area contributed by atoms with E-state index in [-0.39, 0.29) is 12.0 Å². The van der Waals surface area contributed by atoms with Crippen LogP contribution in [0.3, 0.4) is 0 Å². The van der Waals surface area contributed by atoms with Crippen LogP contribution in [0.4, 0.5) is 0 Å². The smallest absolute Gasteiger partial charge is 0.322 e. The largest absolute Gasteiger partial charge is 0.468 e. The van der Waals surface area contributed by atoms with E-state index in [0.29, 0.717) is 6.54 Å². The summed E-state index contributed by atoms with van der Waals surface area (Å²) in [4.78, 5) is 15.3. The van der Waals surface area contributed by atoms with Crippen molar-refractivity contribution in [2.24, 2.45) is 0 Å². The summed E-state index contributed by atoms with van der Waals surface area (Å²) in [5, 5.41) is 3.02. The second-order valence-electron chi connectivity index (χ2n) is 3.08. The molecular weight excluding hydrogens is 260 g/mol. The lowest BCUT2D eigenvalue weighted by Crippen LogP contribution is -2.34. The van der Waals surface area contributed by atoms with Crippen LogP contribution in [-0.2, 0) is 16.1 Å². The van der Waals surface area contributed by atoms with Crippen LogP contribution in [-0.4, -0.2) is 24.1 Å². The first-order chi connectivity index (χ1) is 7.13. The lowest BCUT2D eigenvalue weighted by molar-refractivity contribution is -0.142. The van der Waals surface area contributed by atoms with Crippen molar-refractivity contribution in [1.29, 1.82) is 0 Å². The van der Waals surface area contributed by atoms with Gasteiger partial charge in [0.05, 0.1) is 12.8 Å². The van der Waals surface area contributed by atoms with Crippen LogP contribution in [0.5, 0.6) is 0 Å². The van der Waals surface area contributed by atoms with E-state index < -0.39 is 0 Å². The number of pyridine rings is 1. The molecule has 0 radical (unpaired) electrons. The SMILES string of the molecule is COC(=O)C(C)NCc1cccc(Br)n1. The number of nitrogens with one attached hydrogen (secondary N) is 1. The highest BCUT2D eigenvalue weighted by molar-refractivity contribution is 9.10. The molecule has 0 aliphatic heterocycles. The lowest BCUT2D eigenvalue weighted by Gasteiger charge is -2.10. The van der Waals surface area contributed by atoms with E-state index in [2.05, 4.69) is 31.0 Å². The average Bonchev–Trinajstić information content (AvgIpc) is 2.25. The zero-order valence-electron chi connectivity index (χ0n) is 8.66. The number of carbonyl (C=O) groups excluding carboxylic acids is 1. The van der Waals surface area contributed by atoms with Crippen molar-refractivity contribution in [2.45, 2.75) is 19.5 Å². The number of rotatable bonds is 4. The Kier molecular flexibility index (Phi) is 4.71. The van der Waals surface area contributed by atoms with Gasteiger partial charge in [0.25, 0.3) is 0 Å². The highest BCUT2D eigenvalue weighted by Crippen LogP contribution is 2.06. The van der Waals surface area contributed by atoms with Crippen LogP contribution in [0.1, 0.15) is 12.6 Å². The van der Waals surface area contributed by atoms with Gasteiger partial charge >= 0.3 is 5.97 Å². The van der Waals surface area contributed by atoms with Gasteiger partial charge in [-0.25, -0.2) is 4.98 Å². The van der Waals surface area contributed by atoms with Crippen molar-refractivity contribution in [3.8, 4) is 0 Å². The van der Waals surface area contributed by atoms with Crippen LogP contribution in [0.15, 0.2) is 22.8 Å². The molecule has 4 nitrogen and oxygen atoms in total. The third-order valence-electron chi connectivity index (χ3n) is 1.92. The van der Waals surface area contributed by atoms with Crippen LogP contribution < -0.4 is 5.32 Å². The molecule has 0 spiro atoms. The molecule has 1 aromatic rings. The normalized spacial score (nSPS) is 12.2. The zero-order valence-corrected chi connectivity index (χ0v) is 10.2. The first-order valence-corrected chi connectivity index (χ1v) is 5.35. The summed E-state index contributed by atoms with van der Waals surface area (Å²) >= 11 is 3.28. The summed E-state index contributed by atoms with van der Waals surface area (Å²) in [7, 11) is 1.37. The van der Waals surface area contributed by atoms with Gasteiger partial charge in [-0.1, -0.05) is 6.07 Å². The van der Waals surface area contributed by atoms with Crippen molar-refractivity contribution in [2.75, 3.05) is 7.11 Å². The van der Waals surface area contributed by atoms with Crippen LogP contribution in [0.25, 0.3) is 0 Å². The number of ether oxygens (including phenoxy) is 1. The molecule has 1 heterocycles. The van der Waals surface area contributed by atoms with Crippen LogP contribution in [0.2, 0.25) is 0 Å². The summed E-state index contributed by atoms with van der Waals surface area (Å²) in [5.74, 6) is -0.273. The fourth-order valence-electron chi connectivity index (χ4n) is 1.07. The fourth-order valence-corrected chi connectivity index (χ4v) is 1.45. The number of halogens is 1. The maximum Gasteiger partial charge on any atom is 0.322 e. The number of methoxy groups -OCH3 is 1. The third-order valence-corrected chi connectivity index (χ3v) is 2.36. The molecule has 1 aromatic heterocycles. The van der Waals surface area contributed by atoms with Gasteiger partial charge in [-0.3, -0.25) is 10.1 Å². The number of esters is 1. The van der Waals surface area contributed by atoms with Gasteiger partial charge in [-0.2, -0.15) is 0 Å². The molecule has 0 bridgehead atoms. The number of carbonyl (C=O) groups is 1. The standard InChI is InChI=1S/C10H13BrN2O2/c1-7(10(14)15-2)12-6-8-4-3-5-9(11)13-8/h3-5,7,12H,6H2,1-2H3. The van der Waals surface area contributed by atoms with Gasteiger partial charge in [-0.15, -0.1) is 0 Å². The average molecular weight is 273 g/mol. The number of nitrogens with zero attached hydrogens (tertiary/aromatic N) is 1. The molecule has 0 aliphatic rings. The highest BCUT2D eigenvalue weighted by Gasteiger charge is 2.11. The highest BCUT2D eigenvalue weighted by atomic mass is 79.9. The molecule has 82 valence electrons. The summed E-state index contributed by atoms with van der Waals surface area (Å²) in [6.07, 6.45) is 0. The molecule has 1 N–H and O–H groups in total. The molecule has 1 unspecified atom stereocenters. The Morgan fingerprint density at radius 1 is 1.67 bits per heavy atom. The Hall–Kier alpha value is -0.940. The van der Waals surface area contributed by atoms with Crippen molar-refractivity contribution >= 4 is 21.9 Å². The van der Waals surface area contributed by atoms with Crippen LogP contribution >= 0.6 is 15.9 Å². The summed E-state index contributed by atoms with van der Waals surface area (Å²) in [5.41, 5.74) is 0.875. The monoisotopic (exact) mass is 272 g/mol. The third kappa shape index (κ3) is 3.97. The predicted octanol–water partition coefficient (Wildman–Crippen LogP) is 1.50. The minimum atomic E-state index is -0.323. The maximum atomic E-state index is 11.1. The van der Waals surface area contributed by atoms with E-state index in [4.69, 9.17) is 0 Å². The number of hydrogen-bond donors (Lipinski definition) is 1. The van der Waals surface area contributed by atoms with E-state index in [1.54, 1.807) is 6.92 Å². The van der Waals surface area contributed by atoms with Crippen molar-refractivity contribution < 1.29 is 9.53 Å². The van der Waals surface area contributed by atoms with E-state index >= 15 is 0 Å². The number of aromatic nitrogens is 1. The Balaban J connectivity index is 2.47. The van der Waals surface area contributed by atoms with Crippen molar-refractivity contribution in [3.63, 3.8) is 0 Å². The Bertz CT molecular complexity index is 344. The first kappa shape index (κ1) is 12.1. The van der Waals surface area contributed by atoms with E-state index in [1.807, 2.05) is 18.2 Å². The summed E-state index contributed by atoms with van der Waals surface area (Å²) < 4.78 is 5.38. The molecule has 0 aliphatic carbocycles. The molecule has 0 saturated carbocycles. The second kappa shape index (κ2) is 5.82. The zero-order chi connectivity index (χ0) is 11.3. The van der Waals surface area contributed by atoms with Gasteiger partial charge in [0.1, 0.15) is 10.6 Å². The molecule has 15 heavy (non-hydrogen) atoms. The van der Waals surface area contributed by atoms with Crippen LogP contribution in [0, 0.1) is 0 Å². The molecular formula is C10H13BrN2O2. The van der Waals surface area contributed by atoms with Gasteiger partial charge in [-0.05, 0) is 35.0 Å². The second-order valence-corrected chi connectivity index (χ2v) is 3.89. The fraction of sp³-hybridized carbons (Fsp3) is 0.400. The minimum Gasteiger partial charge on any atom is -0.468 e. The maximum absolute atomic E-state index is 11.1. The molecule has 1 rings (SSSR count). The first-order valence-electron chi connectivity index (χ1n) is 4.56. The van der Waals surface area contributed by atoms with E-state index in [0.717, 1.165) is 10.3 Å². The molecule has 0 fully saturated rings. The van der Waals surface area contributed by atoms with Crippen molar-refractivity contribution in [3.05, 3.63) is 28.5 Å². The lowest BCUT2D eigenvalue weighted by atomic mass is 10.3. The molecule has 5 heteroatoms. The predicted molar refractivity (Wildman–Crippen MR) is 60.3 cm³/mol. The Morgan fingerprint density at radius 2 is 2.40 bits per heavy atom.